The lowest BCUT2D eigenvalue weighted by atomic mass is 10.1. The van der Waals surface area contributed by atoms with E-state index in [9.17, 15) is 8.42 Å². The van der Waals surface area contributed by atoms with Crippen molar-refractivity contribution in [1.29, 1.82) is 0 Å². The third-order valence-electron chi connectivity index (χ3n) is 3.68. The number of sulfone groups is 1. The Morgan fingerprint density at radius 2 is 2.05 bits per heavy atom. The average Bonchev–Trinajstić information content (AvgIpc) is 2.81. The molecule has 0 radical (unpaired) electrons. The molecule has 0 saturated carbocycles. The Morgan fingerprint density at radius 1 is 1.32 bits per heavy atom. The Hall–Kier alpha value is -1.40. The van der Waals surface area contributed by atoms with Crippen LogP contribution in [0.4, 0.5) is 0 Å². The van der Waals surface area contributed by atoms with E-state index in [1.54, 1.807) is 12.1 Å². The van der Waals surface area contributed by atoms with Crippen LogP contribution >= 0.6 is 0 Å². The number of rotatable bonds is 2. The molecule has 3 rings (SSSR count). The summed E-state index contributed by atoms with van der Waals surface area (Å²) in [6.45, 7) is 2.04. The van der Waals surface area contributed by atoms with Gasteiger partial charge in [0.25, 0.3) is 0 Å². The van der Waals surface area contributed by atoms with Gasteiger partial charge in [0.1, 0.15) is 0 Å². The predicted molar refractivity (Wildman–Crippen MR) is 74.0 cm³/mol. The number of nitrogens with zero attached hydrogens (tertiary/aromatic N) is 2. The molecule has 1 aromatic heterocycles. The summed E-state index contributed by atoms with van der Waals surface area (Å²) in [6, 6.07) is 5.63. The second-order valence-corrected chi connectivity index (χ2v) is 7.07. The van der Waals surface area contributed by atoms with Crippen molar-refractivity contribution in [2.45, 2.75) is 23.8 Å². The van der Waals surface area contributed by atoms with Crippen LogP contribution in [0.25, 0.3) is 11.0 Å². The first-order valence-electron chi connectivity index (χ1n) is 6.43. The van der Waals surface area contributed by atoms with Crippen LogP contribution in [0.15, 0.2) is 29.4 Å². The van der Waals surface area contributed by atoms with Crippen LogP contribution in [0.1, 0.15) is 18.9 Å². The highest BCUT2D eigenvalue weighted by Crippen LogP contribution is 2.25. The van der Waals surface area contributed by atoms with Crippen LogP contribution in [-0.4, -0.2) is 37.3 Å². The van der Waals surface area contributed by atoms with Crippen LogP contribution in [0.2, 0.25) is 0 Å². The number of nitrogens with one attached hydrogen (secondary N) is 1. The molecule has 1 aliphatic heterocycles. The third kappa shape index (κ3) is 2.37. The maximum absolute atomic E-state index is 11.5. The Labute approximate surface area is 112 Å². The van der Waals surface area contributed by atoms with Gasteiger partial charge in [0, 0.05) is 12.3 Å². The Bertz CT molecular complexity index is 700. The molecule has 0 bridgehead atoms. The minimum absolute atomic E-state index is 0.329. The fourth-order valence-corrected chi connectivity index (χ4v) is 3.26. The zero-order chi connectivity index (χ0) is 13.5. The highest BCUT2D eigenvalue weighted by atomic mass is 32.2. The maximum atomic E-state index is 11.5. The normalized spacial score (nSPS) is 17.9. The summed E-state index contributed by atoms with van der Waals surface area (Å²) in [5.74, 6) is 0. The largest absolute Gasteiger partial charge is 0.327 e. The fourth-order valence-electron chi connectivity index (χ4n) is 2.62. The summed E-state index contributed by atoms with van der Waals surface area (Å²) in [6.07, 6.45) is 5.21. The maximum Gasteiger partial charge on any atom is 0.175 e. The van der Waals surface area contributed by atoms with Crippen molar-refractivity contribution in [2.24, 2.45) is 0 Å². The molecule has 0 spiro atoms. The van der Waals surface area contributed by atoms with Crippen molar-refractivity contribution in [3.05, 3.63) is 24.5 Å². The fraction of sp³-hybridized carbons (Fsp3) is 0.462. The molecule has 0 unspecified atom stereocenters. The minimum Gasteiger partial charge on any atom is -0.327 e. The average molecular weight is 279 g/mol. The Morgan fingerprint density at radius 3 is 2.74 bits per heavy atom. The molecule has 0 atom stereocenters. The first-order valence-corrected chi connectivity index (χ1v) is 8.32. The molecular formula is C13H17N3O2S. The summed E-state index contributed by atoms with van der Waals surface area (Å²) in [7, 11) is -3.17. The van der Waals surface area contributed by atoms with E-state index in [2.05, 4.69) is 14.9 Å². The smallest absolute Gasteiger partial charge is 0.175 e. The molecule has 1 N–H and O–H groups in total. The van der Waals surface area contributed by atoms with Gasteiger partial charge < -0.3 is 9.88 Å². The third-order valence-corrected chi connectivity index (χ3v) is 4.79. The first-order chi connectivity index (χ1) is 9.05. The molecule has 1 saturated heterocycles. The number of benzene rings is 1. The summed E-state index contributed by atoms with van der Waals surface area (Å²) in [4.78, 5) is 4.68. The molecule has 1 aromatic carbocycles. The van der Waals surface area contributed by atoms with Crippen LogP contribution in [0.5, 0.6) is 0 Å². The molecule has 0 aliphatic carbocycles. The second-order valence-electron chi connectivity index (χ2n) is 5.06. The molecule has 6 heteroatoms. The van der Waals surface area contributed by atoms with Crippen molar-refractivity contribution < 1.29 is 8.42 Å². The quantitative estimate of drug-likeness (QED) is 0.901. The van der Waals surface area contributed by atoms with E-state index >= 15 is 0 Å². The van der Waals surface area contributed by atoms with E-state index in [4.69, 9.17) is 0 Å². The van der Waals surface area contributed by atoms with Gasteiger partial charge in [-0.3, -0.25) is 0 Å². The number of aromatic nitrogens is 2. The van der Waals surface area contributed by atoms with E-state index < -0.39 is 9.84 Å². The van der Waals surface area contributed by atoms with Crippen molar-refractivity contribution in [3.8, 4) is 0 Å². The lowest BCUT2D eigenvalue weighted by molar-refractivity contribution is 0.374. The number of hydrogen-bond donors (Lipinski definition) is 1. The number of imidazole rings is 1. The van der Waals surface area contributed by atoms with Crippen molar-refractivity contribution in [1.82, 2.24) is 14.9 Å². The van der Waals surface area contributed by atoms with Crippen LogP contribution < -0.4 is 5.32 Å². The number of piperidine rings is 1. The Balaban J connectivity index is 2.04. The lowest BCUT2D eigenvalue weighted by Crippen LogP contribution is -2.29. The minimum atomic E-state index is -3.17. The molecule has 102 valence electrons. The van der Waals surface area contributed by atoms with E-state index in [0.29, 0.717) is 10.9 Å². The van der Waals surface area contributed by atoms with Gasteiger partial charge in [-0.05, 0) is 44.1 Å². The number of fused-ring (bicyclic) bond motifs is 1. The van der Waals surface area contributed by atoms with Gasteiger partial charge in [-0.15, -0.1) is 0 Å². The second kappa shape index (κ2) is 4.61. The summed E-state index contributed by atoms with van der Waals surface area (Å²) in [5, 5.41) is 3.34. The highest BCUT2D eigenvalue weighted by Gasteiger charge is 2.18. The molecule has 0 amide bonds. The van der Waals surface area contributed by atoms with E-state index in [1.165, 1.54) is 6.26 Å². The standard InChI is InChI=1S/C13H17N3O2S/c1-19(17,18)11-2-3-13-12(8-11)15-9-16(13)10-4-6-14-7-5-10/h2-3,8-10,14H,4-7H2,1H3. The van der Waals surface area contributed by atoms with E-state index in [-0.39, 0.29) is 0 Å². The van der Waals surface area contributed by atoms with E-state index in [0.717, 1.165) is 37.0 Å². The molecule has 2 aromatic rings. The zero-order valence-electron chi connectivity index (χ0n) is 10.8. The molecule has 5 nitrogen and oxygen atoms in total. The molecule has 2 heterocycles. The summed E-state index contributed by atoms with van der Waals surface area (Å²) < 4.78 is 25.3. The highest BCUT2D eigenvalue weighted by molar-refractivity contribution is 7.90. The molecule has 1 aliphatic rings. The first kappa shape index (κ1) is 12.6. The van der Waals surface area contributed by atoms with Crippen LogP contribution in [0, 0.1) is 0 Å². The topological polar surface area (TPSA) is 64.0 Å². The zero-order valence-corrected chi connectivity index (χ0v) is 11.7. The van der Waals surface area contributed by atoms with Crippen LogP contribution in [0.3, 0.4) is 0 Å². The van der Waals surface area contributed by atoms with Gasteiger partial charge in [0.05, 0.1) is 22.3 Å². The van der Waals surface area contributed by atoms with E-state index in [1.807, 2.05) is 12.4 Å². The van der Waals surface area contributed by atoms with Crippen molar-refractivity contribution in [2.75, 3.05) is 19.3 Å². The van der Waals surface area contributed by atoms with Crippen LogP contribution in [-0.2, 0) is 9.84 Å². The van der Waals surface area contributed by atoms with Crippen molar-refractivity contribution >= 4 is 20.9 Å². The lowest BCUT2D eigenvalue weighted by Gasteiger charge is -2.24. The van der Waals surface area contributed by atoms with Gasteiger partial charge in [0.15, 0.2) is 9.84 Å². The van der Waals surface area contributed by atoms with Crippen molar-refractivity contribution in [3.63, 3.8) is 0 Å². The number of hydrogen-bond acceptors (Lipinski definition) is 4. The monoisotopic (exact) mass is 279 g/mol. The summed E-state index contributed by atoms with van der Waals surface area (Å²) >= 11 is 0. The van der Waals surface area contributed by atoms with Gasteiger partial charge in [-0.2, -0.15) is 0 Å². The van der Waals surface area contributed by atoms with Gasteiger partial charge in [-0.25, -0.2) is 13.4 Å². The van der Waals surface area contributed by atoms with Gasteiger partial charge in [-0.1, -0.05) is 0 Å². The SMILES string of the molecule is CS(=O)(=O)c1ccc2c(c1)ncn2C1CCNCC1. The Kier molecular flexibility index (Phi) is 3.06. The molecule has 19 heavy (non-hydrogen) atoms. The predicted octanol–water partition coefficient (Wildman–Crippen LogP) is 1.36. The molecule has 1 fully saturated rings. The molecular weight excluding hydrogens is 262 g/mol. The summed E-state index contributed by atoms with van der Waals surface area (Å²) in [5.41, 5.74) is 1.76. The van der Waals surface area contributed by atoms with Gasteiger partial charge >= 0.3 is 0 Å². The van der Waals surface area contributed by atoms with Gasteiger partial charge in [0.2, 0.25) is 0 Å².